The lowest BCUT2D eigenvalue weighted by Crippen LogP contribution is -2.43. The number of nitrogens with one attached hydrogen (secondary N) is 1. The number of aromatic nitrogens is 1. The largest absolute Gasteiger partial charge is 0.493 e. The predicted molar refractivity (Wildman–Crippen MR) is 118 cm³/mol. The number of anilines is 1. The van der Waals surface area contributed by atoms with Crippen molar-refractivity contribution >= 4 is 23.0 Å². The number of carbonyl (C=O) groups excluding carboxylic acids is 1. The van der Waals surface area contributed by atoms with Crippen LogP contribution in [0.5, 0.6) is 11.5 Å². The summed E-state index contributed by atoms with van der Waals surface area (Å²) in [5, 5.41) is 3.40. The summed E-state index contributed by atoms with van der Waals surface area (Å²) in [4.78, 5) is 18.6. The van der Waals surface area contributed by atoms with E-state index in [1.165, 1.54) is 0 Å². The Morgan fingerprint density at radius 1 is 1.32 bits per heavy atom. The molecule has 1 radical (unpaired) electrons. The van der Waals surface area contributed by atoms with Crippen LogP contribution in [0.3, 0.4) is 0 Å². The van der Waals surface area contributed by atoms with Crippen molar-refractivity contribution in [3.63, 3.8) is 0 Å². The highest BCUT2D eigenvalue weighted by molar-refractivity contribution is 6.03. The Morgan fingerprint density at radius 3 is 2.84 bits per heavy atom. The van der Waals surface area contributed by atoms with Crippen molar-refractivity contribution in [1.29, 1.82) is 0 Å². The van der Waals surface area contributed by atoms with Crippen molar-refractivity contribution < 1.29 is 18.7 Å². The molecule has 1 fully saturated rings. The summed E-state index contributed by atoms with van der Waals surface area (Å²) < 4.78 is 17.2. The van der Waals surface area contributed by atoms with Gasteiger partial charge in [-0.25, -0.2) is 0 Å². The molecule has 1 aromatic heterocycles. The normalized spacial score (nSPS) is 14.5. The minimum Gasteiger partial charge on any atom is -0.493 e. The van der Waals surface area contributed by atoms with Crippen molar-refractivity contribution in [2.45, 2.75) is 32.4 Å². The summed E-state index contributed by atoms with van der Waals surface area (Å²) in [7, 11) is 1.63. The third-order valence-corrected chi connectivity index (χ3v) is 5.46. The zero-order valence-electron chi connectivity index (χ0n) is 17.8. The molecule has 163 valence electrons. The van der Waals surface area contributed by atoms with Gasteiger partial charge in [0.15, 0.2) is 17.1 Å². The van der Waals surface area contributed by atoms with Gasteiger partial charge in [0.2, 0.25) is 0 Å². The number of nitrogens with zero attached hydrogens (tertiary/aromatic N) is 2. The molecule has 3 N–H and O–H groups in total. The molecule has 3 aromatic rings. The molecule has 1 amide bonds. The van der Waals surface area contributed by atoms with Gasteiger partial charge in [0.05, 0.1) is 19.3 Å². The van der Waals surface area contributed by atoms with Crippen molar-refractivity contribution in [3.8, 4) is 11.5 Å². The minimum absolute atomic E-state index is 0.237. The van der Waals surface area contributed by atoms with Gasteiger partial charge in [-0.2, -0.15) is 4.98 Å². The van der Waals surface area contributed by atoms with E-state index in [2.05, 4.69) is 21.3 Å². The lowest BCUT2D eigenvalue weighted by Gasteiger charge is -2.33. The van der Waals surface area contributed by atoms with Crippen molar-refractivity contribution in [3.05, 3.63) is 47.5 Å². The number of piperidine rings is 1. The second kappa shape index (κ2) is 9.26. The van der Waals surface area contributed by atoms with Gasteiger partial charge in [-0.05, 0) is 68.8 Å². The highest BCUT2D eigenvalue weighted by Gasteiger charge is 2.27. The zero-order valence-corrected chi connectivity index (χ0v) is 17.8. The van der Waals surface area contributed by atoms with Gasteiger partial charge >= 0.3 is 0 Å². The average Bonchev–Trinajstić information content (AvgIpc) is 3.22. The Kier molecular flexibility index (Phi) is 6.27. The van der Waals surface area contributed by atoms with Crippen molar-refractivity contribution in [2.24, 2.45) is 5.73 Å². The monoisotopic (exact) mass is 423 g/mol. The summed E-state index contributed by atoms with van der Waals surface area (Å²) in [6.07, 6.45) is 1.92. The minimum atomic E-state index is -0.574. The van der Waals surface area contributed by atoms with Gasteiger partial charge in [0.25, 0.3) is 11.9 Å². The topological polar surface area (TPSA) is 103 Å². The van der Waals surface area contributed by atoms with Crippen LogP contribution in [-0.4, -0.2) is 43.7 Å². The summed E-state index contributed by atoms with van der Waals surface area (Å²) in [6, 6.07) is 12.9. The number of fused-ring (bicyclic) bond motifs is 1. The molecule has 4 rings (SSSR count). The van der Waals surface area contributed by atoms with E-state index in [1.54, 1.807) is 19.2 Å². The highest BCUT2D eigenvalue weighted by atomic mass is 16.5. The quantitative estimate of drug-likeness (QED) is 0.574. The Labute approximate surface area is 181 Å². The molecular weight excluding hydrogens is 396 g/mol. The van der Waals surface area contributed by atoms with Crippen LogP contribution in [0.1, 0.15) is 35.7 Å². The maximum absolute atomic E-state index is 11.8. The van der Waals surface area contributed by atoms with E-state index in [0.29, 0.717) is 41.8 Å². The number of primary amides is 1. The summed E-state index contributed by atoms with van der Waals surface area (Å²) in [5.41, 5.74) is 7.75. The SMILES string of the molecule is CCOc1cc(CN(c2nc3c(C(N)=O)[c]ccc3o2)C2CCNCC2)ccc1OC. The molecule has 8 nitrogen and oxygen atoms in total. The summed E-state index contributed by atoms with van der Waals surface area (Å²) in [6.45, 7) is 4.93. The fourth-order valence-corrected chi connectivity index (χ4v) is 3.95. The Morgan fingerprint density at radius 2 is 2.13 bits per heavy atom. The van der Waals surface area contributed by atoms with Crippen LogP contribution < -0.4 is 25.4 Å². The van der Waals surface area contributed by atoms with Crippen LogP contribution in [-0.2, 0) is 6.54 Å². The number of hydrogen-bond acceptors (Lipinski definition) is 7. The number of ether oxygens (including phenoxy) is 2. The number of amides is 1. The van der Waals surface area contributed by atoms with E-state index in [9.17, 15) is 4.79 Å². The molecule has 31 heavy (non-hydrogen) atoms. The van der Waals surface area contributed by atoms with Crippen LogP contribution in [0.4, 0.5) is 6.01 Å². The first kappa shape index (κ1) is 21.0. The number of methoxy groups -OCH3 is 1. The molecule has 0 aliphatic carbocycles. The standard InChI is InChI=1S/C23H27N4O4/c1-3-30-20-13-15(7-8-18(20)29-2)14-27(16-9-11-25-12-10-16)23-26-21-17(22(24)28)5-4-6-19(21)31-23/h4,6-8,13,16,25H,3,9-12,14H2,1-2H3,(H2,24,28). The smallest absolute Gasteiger partial charge is 0.298 e. The highest BCUT2D eigenvalue weighted by Crippen LogP contribution is 2.32. The maximum Gasteiger partial charge on any atom is 0.298 e. The fourth-order valence-electron chi connectivity index (χ4n) is 3.95. The van der Waals surface area contributed by atoms with Gasteiger partial charge in [-0.15, -0.1) is 0 Å². The van der Waals surface area contributed by atoms with Crippen LogP contribution in [0, 0.1) is 6.07 Å². The Balaban J connectivity index is 1.72. The second-order valence-electron chi connectivity index (χ2n) is 7.45. The van der Waals surface area contributed by atoms with E-state index in [4.69, 9.17) is 19.6 Å². The van der Waals surface area contributed by atoms with Gasteiger partial charge in [-0.3, -0.25) is 4.79 Å². The van der Waals surface area contributed by atoms with Crippen LogP contribution in [0.2, 0.25) is 0 Å². The molecule has 0 atom stereocenters. The summed E-state index contributed by atoms with van der Waals surface area (Å²) in [5.74, 6) is 0.828. The Hall–Kier alpha value is -3.26. The van der Waals surface area contributed by atoms with Crippen LogP contribution in [0.25, 0.3) is 11.1 Å². The van der Waals surface area contributed by atoms with Gasteiger partial charge in [0, 0.05) is 12.6 Å². The van der Waals surface area contributed by atoms with Crippen molar-refractivity contribution in [2.75, 3.05) is 31.7 Å². The molecule has 2 aromatic carbocycles. The third-order valence-electron chi connectivity index (χ3n) is 5.46. The number of carbonyl (C=O) groups is 1. The third kappa shape index (κ3) is 4.44. The van der Waals surface area contributed by atoms with E-state index in [-0.39, 0.29) is 11.6 Å². The molecule has 0 unspecified atom stereocenters. The molecule has 8 heteroatoms. The van der Waals surface area contributed by atoms with E-state index in [0.717, 1.165) is 31.5 Å². The first-order valence-electron chi connectivity index (χ1n) is 10.5. The van der Waals surface area contributed by atoms with Crippen LogP contribution in [0.15, 0.2) is 34.7 Å². The number of oxazole rings is 1. The molecule has 0 spiro atoms. The zero-order chi connectivity index (χ0) is 21.8. The molecule has 0 bridgehead atoms. The fraction of sp³-hybridized carbons (Fsp3) is 0.391. The first-order chi connectivity index (χ1) is 15.1. The second-order valence-corrected chi connectivity index (χ2v) is 7.45. The van der Waals surface area contributed by atoms with E-state index in [1.807, 2.05) is 25.1 Å². The molecule has 1 aliphatic heterocycles. The van der Waals surface area contributed by atoms with Crippen molar-refractivity contribution in [1.82, 2.24) is 10.3 Å². The number of nitrogens with two attached hydrogens (primary N) is 1. The lowest BCUT2D eigenvalue weighted by molar-refractivity contribution is 0.100. The van der Waals surface area contributed by atoms with Gasteiger partial charge < -0.3 is 29.8 Å². The number of hydrogen-bond donors (Lipinski definition) is 2. The van der Waals surface area contributed by atoms with E-state index >= 15 is 0 Å². The first-order valence-corrected chi connectivity index (χ1v) is 10.5. The molecular formula is C23H27N4O4. The summed E-state index contributed by atoms with van der Waals surface area (Å²) >= 11 is 0. The van der Waals surface area contributed by atoms with Gasteiger partial charge in [0.1, 0.15) is 5.52 Å². The number of benzene rings is 2. The average molecular weight is 423 g/mol. The van der Waals surface area contributed by atoms with Gasteiger partial charge in [-0.1, -0.05) is 6.07 Å². The van der Waals surface area contributed by atoms with E-state index < -0.39 is 5.91 Å². The maximum atomic E-state index is 11.8. The molecule has 1 aliphatic rings. The molecule has 2 heterocycles. The molecule has 1 saturated heterocycles. The number of rotatable bonds is 8. The molecule has 0 saturated carbocycles. The predicted octanol–water partition coefficient (Wildman–Crippen LogP) is 2.89. The Bertz CT molecular complexity index is 1060. The lowest BCUT2D eigenvalue weighted by atomic mass is 10.0. The van der Waals surface area contributed by atoms with Crippen LogP contribution >= 0.6 is 0 Å².